The molecule has 6 heteroatoms. The van der Waals surface area contributed by atoms with Crippen molar-refractivity contribution < 1.29 is 9.59 Å². The van der Waals surface area contributed by atoms with Gasteiger partial charge in [0.25, 0.3) is 0 Å². The zero-order valence-electron chi connectivity index (χ0n) is 19.1. The van der Waals surface area contributed by atoms with Crippen LogP contribution in [0, 0.1) is 6.92 Å². The van der Waals surface area contributed by atoms with Crippen LogP contribution in [0.1, 0.15) is 51.7 Å². The van der Waals surface area contributed by atoms with Gasteiger partial charge in [-0.2, -0.15) is 0 Å². The highest BCUT2D eigenvalue weighted by atomic mass is 35.5. The molecule has 0 heterocycles. The minimum Gasteiger partial charge on any atom is -0.350 e. The molecule has 1 atom stereocenters. The molecule has 0 aliphatic rings. The summed E-state index contributed by atoms with van der Waals surface area (Å²) in [6.07, 6.45) is 1.14. The SMILES string of the molecule is Cc1ccc(CN(C(=O)CCCSc2ccc(Cl)cc2)[C@H](C)C(=O)NC(C)(C)C)cc1. The summed E-state index contributed by atoms with van der Waals surface area (Å²) in [5.41, 5.74) is 1.84. The van der Waals surface area contributed by atoms with E-state index in [-0.39, 0.29) is 17.4 Å². The van der Waals surface area contributed by atoms with E-state index in [1.54, 1.807) is 23.6 Å². The molecule has 0 spiro atoms. The highest BCUT2D eigenvalue weighted by molar-refractivity contribution is 7.99. The standard InChI is InChI=1S/C25H33ClN2O2S/c1-18-8-10-20(11-9-18)17-28(19(2)24(30)27-25(3,4)5)23(29)7-6-16-31-22-14-12-21(26)13-15-22/h8-15,19H,6-7,16-17H2,1-5H3,(H,27,30)/t19-/m1/s1. The number of rotatable bonds is 9. The molecule has 0 bridgehead atoms. The summed E-state index contributed by atoms with van der Waals surface area (Å²) >= 11 is 7.63. The lowest BCUT2D eigenvalue weighted by molar-refractivity contribution is -0.141. The van der Waals surface area contributed by atoms with Gasteiger partial charge in [-0.1, -0.05) is 41.4 Å². The fraction of sp³-hybridized carbons (Fsp3) is 0.440. The summed E-state index contributed by atoms with van der Waals surface area (Å²) in [4.78, 5) is 28.7. The van der Waals surface area contributed by atoms with E-state index in [1.807, 2.05) is 76.2 Å². The van der Waals surface area contributed by atoms with Crippen molar-refractivity contribution in [3.05, 3.63) is 64.7 Å². The lowest BCUT2D eigenvalue weighted by Gasteiger charge is -2.31. The second-order valence-corrected chi connectivity index (χ2v) is 10.4. The van der Waals surface area contributed by atoms with Crippen LogP contribution >= 0.6 is 23.4 Å². The molecule has 168 valence electrons. The molecule has 4 nitrogen and oxygen atoms in total. The zero-order valence-corrected chi connectivity index (χ0v) is 20.6. The molecule has 1 N–H and O–H groups in total. The van der Waals surface area contributed by atoms with Crippen molar-refractivity contribution in [2.45, 2.75) is 70.5 Å². The fourth-order valence-electron chi connectivity index (χ4n) is 3.03. The van der Waals surface area contributed by atoms with Crippen molar-refractivity contribution >= 4 is 35.2 Å². The van der Waals surface area contributed by atoms with Gasteiger partial charge >= 0.3 is 0 Å². The highest BCUT2D eigenvalue weighted by Gasteiger charge is 2.28. The second kappa shape index (κ2) is 11.6. The molecule has 0 aromatic heterocycles. The van der Waals surface area contributed by atoms with E-state index >= 15 is 0 Å². The van der Waals surface area contributed by atoms with Crippen molar-refractivity contribution in [3.63, 3.8) is 0 Å². The van der Waals surface area contributed by atoms with Crippen LogP contribution in [0.25, 0.3) is 0 Å². The number of hydrogen-bond acceptors (Lipinski definition) is 3. The Morgan fingerprint density at radius 1 is 1.06 bits per heavy atom. The third-order valence-electron chi connectivity index (χ3n) is 4.76. The van der Waals surface area contributed by atoms with Crippen LogP contribution in [0.3, 0.4) is 0 Å². The largest absolute Gasteiger partial charge is 0.350 e. The van der Waals surface area contributed by atoms with E-state index in [0.717, 1.165) is 22.6 Å². The quantitative estimate of drug-likeness (QED) is 0.377. The summed E-state index contributed by atoms with van der Waals surface area (Å²) in [6, 6.07) is 15.2. The van der Waals surface area contributed by atoms with Crippen molar-refractivity contribution in [3.8, 4) is 0 Å². The Kier molecular flexibility index (Phi) is 9.45. The molecule has 0 saturated carbocycles. The van der Waals surface area contributed by atoms with E-state index in [4.69, 9.17) is 11.6 Å². The van der Waals surface area contributed by atoms with Gasteiger partial charge in [0.05, 0.1) is 0 Å². The summed E-state index contributed by atoms with van der Waals surface area (Å²) in [5.74, 6) is 0.686. The number of carbonyl (C=O) groups is 2. The number of thioether (sulfide) groups is 1. The molecular formula is C25H33ClN2O2S. The average molecular weight is 461 g/mol. The van der Waals surface area contributed by atoms with Crippen LogP contribution < -0.4 is 5.32 Å². The van der Waals surface area contributed by atoms with Gasteiger partial charge in [-0.15, -0.1) is 11.8 Å². The first-order valence-electron chi connectivity index (χ1n) is 10.6. The second-order valence-electron chi connectivity index (χ2n) is 8.83. The van der Waals surface area contributed by atoms with Crippen LogP contribution in [0.2, 0.25) is 5.02 Å². The van der Waals surface area contributed by atoms with Gasteiger partial charge in [0.15, 0.2) is 0 Å². The molecule has 0 fully saturated rings. The van der Waals surface area contributed by atoms with Gasteiger partial charge in [-0.05, 0) is 76.6 Å². The van der Waals surface area contributed by atoms with Crippen LogP contribution in [-0.4, -0.2) is 34.0 Å². The normalized spacial score (nSPS) is 12.3. The highest BCUT2D eigenvalue weighted by Crippen LogP contribution is 2.22. The van der Waals surface area contributed by atoms with Crippen LogP contribution in [0.5, 0.6) is 0 Å². The Balaban J connectivity index is 2.01. The molecule has 0 aliphatic carbocycles. The minimum absolute atomic E-state index is 0.00570. The predicted octanol–water partition coefficient (Wildman–Crippen LogP) is 5.85. The van der Waals surface area contributed by atoms with Crippen molar-refractivity contribution in [1.82, 2.24) is 10.2 Å². The van der Waals surface area contributed by atoms with Crippen LogP contribution in [0.4, 0.5) is 0 Å². The molecule has 31 heavy (non-hydrogen) atoms. The Morgan fingerprint density at radius 3 is 2.26 bits per heavy atom. The maximum Gasteiger partial charge on any atom is 0.242 e. The number of hydrogen-bond donors (Lipinski definition) is 1. The molecule has 0 saturated heterocycles. The van der Waals surface area contributed by atoms with Crippen molar-refractivity contribution in [2.24, 2.45) is 0 Å². The van der Waals surface area contributed by atoms with E-state index in [0.29, 0.717) is 18.0 Å². The van der Waals surface area contributed by atoms with E-state index in [9.17, 15) is 9.59 Å². The van der Waals surface area contributed by atoms with E-state index in [1.165, 1.54) is 5.56 Å². The molecule has 2 aromatic carbocycles. The molecule has 0 aliphatic heterocycles. The summed E-state index contributed by atoms with van der Waals surface area (Å²) in [7, 11) is 0. The first-order chi connectivity index (χ1) is 14.5. The zero-order chi connectivity index (χ0) is 23.0. The first-order valence-corrected chi connectivity index (χ1v) is 12.0. The predicted molar refractivity (Wildman–Crippen MR) is 130 cm³/mol. The Morgan fingerprint density at radius 2 is 1.68 bits per heavy atom. The van der Waals surface area contributed by atoms with Gasteiger partial charge in [0.1, 0.15) is 6.04 Å². The average Bonchev–Trinajstić information content (AvgIpc) is 2.70. The maximum atomic E-state index is 13.1. The van der Waals surface area contributed by atoms with E-state index in [2.05, 4.69) is 5.32 Å². The van der Waals surface area contributed by atoms with Crippen LogP contribution in [0.15, 0.2) is 53.4 Å². The summed E-state index contributed by atoms with van der Waals surface area (Å²) < 4.78 is 0. The molecule has 2 rings (SSSR count). The van der Waals surface area contributed by atoms with Crippen molar-refractivity contribution in [1.29, 1.82) is 0 Å². The van der Waals surface area contributed by atoms with Gasteiger partial charge in [0, 0.05) is 28.4 Å². The first kappa shape index (κ1) is 25.3. The number of nitrogens with one attached hydrogen (secondary N) is 1. The number of amides is 2. The summed E-state index contributed by atoms with van der Waals surface area (Å²) in [5, 5.41) is 3.71. The number of carbonyl (C=O) groups excluding carboxylic acids is 2. The minimum atomic E-state index is -0.544. The monoisotopic (exact) mass is 460 g/mol. The van der Waals surface area contributed by atoms with Gasteiger partial charge < -0.3 is 10.2 Å². The number of benzene rings is 2. The molecule has 2 amide bonds. The Labute approximate surface area is 195 Å². The number of halogens is 1. The molecule has 0 radical (unpaired) electrons. The lowest BCUT2D eigenvalue weighted by atomic mass is 10.1. The molecular weight excluding hydrogens is 428 g/mol. The molecule has 0 unspecified atom stereocenters. The number of nitrogens with zero attached hydrogens (tertiary/aromatic N) is 1. The van der Waals surface area contributed by atoms with Gasteiger partial charge in [-0.25, -0.2) is 0 Å². The topological polar surface area (TPSA) is 49.4 Å². The Bertz CT molecular complexity index is 861. The van der Waals surface area contributed by atoms with Gasteiger partial charge in [0.2, 0.25) is 11.8 Å². The lowest BCUT2D eigenvalue weighted by Crippen LogP contribution is -2.52. The van der Waals surface area contributed by atoms with Gasteiger partial charge in [-0.3, -0.25) is 9.59 Å². The van der Waals surface area contributed by atoms with Crippen molar-refractivity contribution in [2.75, 3.05) is 5.75 Å². The Hall–Kier alpha value is -1.98. The smallest absolute Gasteiger partial charge is 0.242 e. The number of aryl methyl sites for hydroxylation is 1. The fourth-order valence-corrected chi connectivity index (χ4v) is 4.01. The third kappa shape index (κ3) is 8.96. The van der Waals surface area contributed by atoms with E-state index < -0.39 is 6.04 Å². The maximum absolute atomic E-state index is 13.1. The summed E-state index contributed by atoms with van der Waals surface area (Å²) in [6.45, 7) is 10.1. The van der Waals surface area contributed by atoms with Crippen LogP contribution in [-0.2, 0) is 16.1 Å². The molecule has 2 aromatic rings. The third-order valence-corrected chi connectivity index (χ3v) is 6.11.